The normalized spacial score (nSPS) is 34.3. The van der Waals surface area contributed by atoms with E-state index in [0.717, 1.165) is 87.8 Å². The molecular formula is C45H63ClN4O5S. The minimum absolute atomic E-state index is 0.212. The van der Waals surface area contributed by atoms with Crippen molar-refractivity contribution in [3.8, 4) is 5.75 Å². The van der Waals surface area contributed by atoms with Crippen LogP contribution in [-0.4, -0.2) is 100 Å². The minimum atomic E-state index is -3.96. The van der Waals surface area contributed by atoms with E-state index in [1.807, 2.05) is 25.1 Å². The van der Waals surface area contributed by atoms with E-state index >= 15 is 0 Å². The van der Waals surface area contributed by atoms with E-state index < -0.39 is 26.8 Å². The summed E-state index contributed by atoms with van der Waals surface area (Å²) in [6.45, 7) is 16.1. The number of piperidine rings is 1. The maximum atomic E-state index is 13.8. The lowest BCUT2D eigenvalue weighted by Crippen LogP contribution is -2.61. The SMILES string of the molecule is CC(C)CO[C@]1(CN2CCN3CCCC[C@@H]3C2)/C=C/C[C@H](C)[C@@H](C)S(=O)(=O)NC(=O)c2ccc3c(c2)N(C[C@@H]2CC[C@H]21)C[C@@]1(CCCc2cc(Cl)ccc21)CO3. The number of allylic oxidation sites excluding steroid dienone is 1. The van der Waals surface area contributed by atoms with Crippen molar-refractivity contribution in [2.75, 3.05) is 63.9 Å². The Hall–Kier alpha value is -2.63. The van der Waals surface area contributed by atoms with Crippen LogP contribution < -0.4 is 14.4 Å². The van der Waals surface area contributed by atoms with Gasteiger partial charge in [-0.05, 0) is 130 Å². The summed E-state index contributed by atoms with van der Waals surface area (Å²) in [5, 5.41) is -0.0165. The lowest BCUT2D eigenvalue weighted by molar-refractivity contribution is -0.125. The molecule has 6 aliphatic rings. The summed E-state index contributed by atoms with van der Waals surface area (Å²) in [5.41, 5.74) is 2.97. The summed E-state index contributed by atoms with van der Waals surface area (Å²) in [6, 6.07) is 12.4. The van der Waals surface area contributed by atoms with Crippen molar-refractivity contribution in [3.63, 3.8) is 0 Å². The fraction of sp³-hybridized carbons (Fsp3) is 0.667. The van der Waals surface area contributed by atoms with Crippen molar-refractivity contribution in [2.45, 2.75) is 108 Å². The topological polar surface area (TPSA) is 91.4 Å². The number of piperazine rings is 1. The number of ether oxygens (including phenoxy) is 2. The van der Waals surface area contributed by atoms with Crippen LogP contribution in [0.1, 0.15) is 101 Å². The van der Waals surface area contributed by atoms with Gasteiger partial charge in [0.1, 0.15) is 11.4 Å². The molecule has 0 aromatic heterocycles. The molecule has 4 aliphatic heterocycles. The lowest BCUT2D eigenvalue weighted by Gasteiger charge is -2.53. The van der Waals surface area contributed by atoms with Crippen molar-refractivity contribution < 1.29 is 22.7 Å². The summed E-state index contributed by atoms with van der Waals surface area (Å²) in [4.78, 5) is 21.6. The maximum absolute atomic E-state index is 13.8. The molecule has 0 radical (unpaired) electrons. The van der Waals surface area contributed by atoms with Crippen LogP contribution in [0.2, 0.25) is 5.02 Å². The third-order valence-electron chi connectivity index (χ3n) is 14.3. The molecule has 56 heavy (non-hydrogen) atoms. The van der Waals surface area contributed by atoms with E-state index in [4.69, 9.17) is 21.1 Å². The van der Waals surface area contributed by atoms with Gasteiger partial charge in [0.2, 0.25) is 10.0 Å². The number of carbonyl (C=O) groups is 1. The minimum Gasteiger partial charge on any atom is -0.490 e. The smallest absolute Gasteiger partial charge is 0.264 e. The number of nitrogens with one attached hydrogen (secondary N) is 1. The molecule has 2 aliphatic carbocycles. The van der Waals surface area contributed by atoms with Crippen LogP contribution in [0.15, 0.2) is 48.6 Å². The molecule has 2 bridgehead atoms. The summed E-state index contributed by atoms with van der Waals surface area (Å²) in [7, 11) is -3.96. The maximum Gasteiger partial charge on any atom is 0.264 e. The Morgan fingerprint density at radius 1 is 1.02 bits per heavy atom. The molecule has 3 fully saturated rings. The zero-order valence-corrected chi connectivity index (χ0v) is 35.6. The Bertz CT molecular complexity index is 1910. The monoisotopic (exact) mass is 806 g/mol. The first-order valence-electron chi connectivity index (χ1n) is 21.5. The Kier molecular flexibility index (Phi) is 11.6. The highest BCUT2D eigenvalue weighted by atomic mass is 35.5. The molecule has 2 aromatic rings. The second kappa shape index (κ2) is 16.2. The number of amides is 1. The van der Waals surface area contributed by atoms with Gasteiger partial charge in [0.15, 0.2) is 0 Å². The summed E-state index contributed by atoms with van der Waals surface area (Å²) >= 11 is 6.55. The van der Waals surface area contributed by atoms with E-state index in [1.54, 1.807) is 13.0 Å². The average Bonchev–Trinajstić information content (AvgIpc) is 3.31. The highest BCUT2D eigenvalue weighted by Crippen LogP contribution is 2.50. The second-order valence-corrected chi connectivity index (χ2v) is 21.1. The number of carbonyl (C=O) groups excluding carboxylic acids is 1. The van der Waals surface area contributed by atoms with Gasteiger partial charge < -0.3 is 14.4 Å². The third kappa shape index (κ3) is 8.03. The van der Waals surface area contributed by atoms with Crippen molar-refractivity contribution in [1.29, 1.82) is 0 Å². The number of halogens is 1. The van der Waals surface area contributed by atoms with Gasteiger partial charge >= 0.3 is 0 Å². The van der Waals surface area contributed by atoms with E-state index in [1.165, 1.54) is 36.9 Å². The van der Waals surface area contributed by atoms with Gasteiger partial charge in [-0.2, -0.15) is 0 Å². The molecule has 306 valence electrons. The van der Waals surface area contributed by atoms with E-state index in [9.17, 15) is 13.2 Å². The van der Waals surface area contributed by atoms with Gasteiger partial charge in [0, 0.05) is 61.3 Å². The molecule has 0 unspecified atom stereocenters. The summed E-state index contributed by atoms with van der Waals surface area (Å²) in [5.74, 6) is 0.908. The van der Waals surface area contributed by atoms with Crippen molar-refractivity contribution in [1.82, 2.24) is 14.5 Å². The van der Waals surface area contributed by atoms with Gasteiger partial charge in [-0.15, -0.1) is 0 Å². The lowest BCUT2D eigenvalue weighted by atomic mass is 9.63. The predicted molar refractivity (Wildman–Crippen MR) is 224 cm³/mol. The van der Waals surface area contributed by atoms with Gasteiger partial charge in [0.25, 0.3) is 5.91 Å². The Balaban J connectivity index is 1.21. The molecule has 1 amide bonds. The molecule has 1 saturated carbocycles. The van der Waals surface area contributed by atoms with Crippen LogP contribution in [0, 0.1) is 23.7 Å². The first-order chi connectivity index (χ1) is 26.8. The van der Waals surface area contributed by atoms with Crippen LogP contribution in [0.3, 0.4) is 0 Å². The van der Waals surface area contributed by atoms with Crippen LogP contribution in [0.4, 0.5) is 5.69 Å². The zero-order valence-electron chi connectivity index (χ0n) is 34.0. The fourth-order valence-corrected chi connectivity index (χ4v) is 12.2. The largest absolute Gasteiger partial charge is 0.490 e. The first-order valence-corrected chi connectivity index (χ1v) is 23.4. The van der Waals surface area contributed by atoms with E-state index in [-0.39, 0.29) is 17.3 Å². The number of hydrogen-bond donors (Lipinski definition) is 1. The fourth-order valence-electron chi connectivity index (χ4n) is 10.8. The molecule has 9 nitrogen and oxygen atoms in total. The number of sulfonamides is 1. The molecule has 4 heterocycles. The van der Waals surface area contributed by atoms with E-state index in [0.29, 0.717) is 43.1 Å². The molecule has 8 rings (SSSR count). The number of benzene rings is 2. The number of hydrogen-bond acceptors (Lipinski definition) is 8. The third-order valence-corrected chi connectivity index (χ3v) is 16.5. The summed E-state index contributed by atoms with van der Waals surface area (Å²) in [6.07, 6.45) is 14.2. The van der Waals surface area contributed by atoms with Crippen LogP contribution in [-0.2, 0) is 26.6 Å². The van der Waals surface area contributed by atoms with Crippen LogP contribution >= 0.6 is 11.6 Å². The van der Waals surface area contributed by atoms with Crippen LogP contribution in [0.5, 0.6) is 5.75 Å². The van der Waals surface area contributed by atoms with E-state index in [2.05, 4.69) is 57.6 Å². The van der Waals surface area contributed by atoms with Crippen molar-refractivity contribution in [2.24, 2.45) is 23.7 Å². The Morgan fingerprint density at radius 2 is 1.88 bits per heavy atom. The molecule has 7 atom stereocenters. The van der Waals surface area contributed by atoms with Crippen LogP contribution in [0.25, 0.3) is 0 Å². The highest BCUT2D eigenvalue weighted by molar-refractivity contribution is 7.90. The number of fused-ring (bicyclic) bond motifs is 5. The molecular weight excluding hydrogens is 744 g/mol. The molecule has 1 spiro atoms. The predicted octanol–water partition coefficient (Wildman–Crippen LogP) is 7.46. The van der Waals surface area contributed by atoms with Gasteiger partial charge in [-0.25, -0.2) is 13.1 Å². The zero-order chi connectivity index (χ0) is 39.2. The average molecular weight is 808 g/mol. The quantitative estimate of drug-likeness (QED) is 0.312. The number of nitrogens with zero attached hydrogens (tertiary/aromatic N) is 3. The molecule has 2 aromatic carbocycles. The second-order valence-electron chi connectivity index (χ2n) is 18.6. The molecule has 1 N–H and O–H groups in total. The van der Waals surface area contributed by atoms with Gasteiger partial charge in [-0.3, -0.25) is 14.6 Å². The number of rotatable bonds is 5. The van der Waals surface area contributed by atoms with Gasteiger partial charge in [-0.1, -0.05) is 57.0 Å². The number of anilines is 1. The summed E-state index contributed by atoms with van der Waals surface area (Å²) < 4.78 is 44.0. The van der Waals surface area contributed by atoms with Crippen molar-refractivity contribution >= 4 is 33.2 Å². The Labute approximate surface area is 340 Å². The standard InChI is InChI=1S/C45H63ClN4O5S/c1-31(2)27-55-45(29-48-21-22-49-20-6-5-11-38(49)26-48)19-7-9-32(3)33(4)56(52,53)47-43(51)35-13-17-42-41(24-35)50(25-36-12-15-40(36)45)28-44(30-54-42)18-8-10-34-23-37(46)14-16-39(34)44/h7,13-14,16-17,19,23-24,31-33,36,38,40H,5-6,8-12,15,18,20-22,25-30H2,1-4H3,(H,47,51)/b19-7+/t32-,33+,36-,38+,40+,44-,45-/m0/s1. The first kappa shape index (κ1) is 40.2. The highest BCUT2D eigenvalue weighted by Gasteiger charge is 2.51. The van der Waals surface area contributed by atoms with Gasteiger partial charge in [0.05, 0.1) is 24.2 Å². The number of aryl methyl sites for hydroxylation is 1. The molecule has 2 saturated heterocycles. The van der Waals surface area contributed by atoms with Crippen molar-refractivity contribution in [3.05, 3.63) is 70.3 Å². The Morgan fingerprint density at radius 3 is 2.68 bits per heavy atom. The molecule has 11 heteroatoms.